The first-order chi connectivity index (χ1) is 14.0. The Kier molecular flexibility index (Phi) is 7.24. The molecule has 0 unspecified atom stereocenters. The smallest absolute Gasteiger partial charge is 0.387 e. The van der Waals surface area contributed by atoms with Crippen molar-refractivity contribution in [1.82, 2.24) is 4.90 Å². The maximum absolute atomic E-state index is 12.2. The Morgan fingerprint density at radius 3 is 2.40 bits per heavy atom. The van der Waals surface area contributed by atoms with Gasteiger partial charge < -0.3 is 14.4 Å². The molecule has 0 aliphatic carbocycles. The van der Waals surface area contributed by atoms with Gasteiger partial charge in [-0.15, -0.1) is 0 Å². The Balaban J connectivity index is 2.02. The summed E-state index contributed by atoms with van der Waals surface area (Å²) < 4.78 is 56.4. The van der Waals surface area contributed by atoms with Crippen molar-refractivity contribution in [3.05, 3.63) is 58.1 Å². The van der Waals surface area contributed by atoms with Gasteiger partial charge in [-0.1, -0.05) is 12.1 Å². The second-order valence-corrected chi connectivity index (χ2v) is 7.55. The lowest BCUT2D eigenvalue weighted by Gasteiger charge is -2.18. The summed E-state index contributed by atoms with van der Waals surface area (Å²) in [5.74, 6) is -0.864. The van der Waals surface area contributed by atoms with Gasteiger partial charge in [0, 0.05) is 19.7 Å². The summed E-state index contributed by atoms with van der Waals surface area (Å²) in [5, 5.41) is 16.1. The number of nitrogens with two attached hydrogens (primary N) is 1. The first-order valence-electron chi connectivity index (χ1n) is 8.19. The van der Waals surface area contributed by atoms with Crippen LogP contribution in [0, 0.1) is 10.1 Å². The van der Waals surface area contributed by atoms with Crippen LogP contribution in [0.4, 0.5) is 14.5 Å². The summed E-state index contributed by atoms with van der Waals surface area (Å²) in [7, 11) is -2.70. The van der Waals surface area contributed by atoms with Crippen LogP contribution < -0.4 is 14.6 Å². The number of hydrogen-bond acceptors (Lipinski definition) is 7. The number of alkyl halides is 2. The number of halogens is 2. The molecule has 13 heteroatoms. The highest BCUT2D eigenvalue weighted by Crippen LogP contribution is 2.29. The number of sulfonamides is 1. The van der Waals surface area contributed by atoms with Gasteiger partial charge in [0.25, 0.3) is 5.91 Å². The average Bonchev–Trinajstić information content (AvgIpc) is 2.66. The van der Waals surface area contributed by atoms with Crippen LogP contribution in [-0.2, 0) is 21.4 Å². The maximum Gasteiger partial charge on any atom is 0.387 e. The van der Waals surface area contributed by atoms with Crippen molar-refractivity contribution in [3.8, 4) is 11.5 Å². The number of hydrogen-bond donors (Lipinski definition) is 1. The van der Waals surface area contributed by atoms with E-state index < -0.39 is 44.7 Å². The molecular formula is C17H17F2N3O7S. The maximum atomic E-state index is 12.2. The fourth-order valence-electron chi connectivity index (χ4n) is 2.33. The van der Waals surface area contributed by atoms with E-state index in [4.69, 9.17) is 9.88 Å². The number of nitro groups is 1. The van der Waals surface area contributed by atoms with Crippen molar-refractivity contribution in [2.24, 2.45) is 5.14 Å². The van der Waals surface area contributed by atoms with Crippen LogP contribution in [0.25, 0.3) is 0 Å². The number of amides is 1. The molecule has 162 valence electrons. The van der Waals surface area contributed by atoms with Crippen molar-refractivity contribution in [1.29, 1.82) is 0 Å². The molecule has 10 nitrogen and oxygen atoms in total. The third-order valence-corrected chi connectivity index (χ3v) is 4.71. The second kappa shape index (κ2) is 9.45. The molecule has 0 fully saturated rings. The highest BCUT2D eigenvalue weighted by atomic mass is 32.2. The fourth-order valence-corrected chi connectivity index (χ4v) is 2.86. The van der Waals surface area contributed by atoms with Crippen molar-refractivity contribution in [2.45, 2.75) is 18.1 Å². The summed E-state index contributed by atoms with van der Waals surface area (Å²) in [5.41, 5.74) is -0.0393. The predicted molar refractivity (Wildman–Crippen MR) is 99.5 cm³/mol. The van der Waals surface area contributed by atoms with Crippen molar-refractivity contribution in [3.63, 3.8) is 0 Å². The van der Waals surface area contributed by atoms with Gasteiger partial charge in [0.2, 0.25) is 10.0 Å². The van der Waals surface area contributed by atoms with Crippen molar-refractivity contribution < 1.29 is 36.4 Å². The van der Waals surface area contributed by atoms with E-state index in [9.17, 15) is 32.1 Å². The van der Waals surface area contributed by atoms with Gasteiger partial charge in [0.05, 0.1) is 9.82 Å². The largest absolute Gasteiger partial charge is 0.477 e. The molecule has 30 heavy (non-hydrogen) atoms. The number of nitrogens with zero attached hydrogens (tertiary/aromatic N) is 2. The molecule has 0 radical (unpaired) electrons. The number of nitro benzene ring substituents is 1. The molecule has 0 heterocycles. The van der Waals surface area contributed by atoms with Gasteiger partial charge in [-0.2, -0.15) is 8.78 Å². The zero-order valence-electron chi connectivity index (χ0n) is 15.5. The van der Waals surface area contributed by atoms with Crippen LogP contribution in [0.5, 0.6) is 11.5 Å². The minimum atomic E-state index is -4.15. The van der Waals surface area contributed by atoms with E-state index in [1.807, 2.05) is 0 Å². The Labute approximate surface area is 170 Å². The average molecular weight is 445 g/mol. The van der Waals surface area contributed by atoms with Gasteiger partial charge in [-0.25, -0.2) is 13.6 Å². The number of carbonyl (C=O) groups is 1. The number of likely N-dealkylation sites (N-methyl/N-ethyl adjacent to an activating group) is 1. The van der Waals surface area contributed by atoms with Crippen LogP contribution >= 0.6 is 0 Å². The van der Waals surface area contributed by atoms with E-state index in [1.165, 1.54) is 36.2 Å². The highest BCUT2D eigenvalue weighted by molar-refractivity contribution is 7.89. The van der Waals surface area contributed by atoms with Gasteiger partial charge >= 0.3 is 12.3 Å². The van der Waals surface area contributed by atoms with E-state index in [1.54, 1.807) is 0 Å². The van der Waals surface area contributed by atoms with Gasteiger partial charge in [-0.3, -0.25) is 14.9 Å². The van der Waals surface area contributed by atoms with E-state index in [2.05, 4.69) is 4.74 Å². The van der Waals surface area contributed by atoms with Gasteiger partial charge in [0.1, 0.15) is 5.75 Å². The minimum absolute atomic E-state index is 0.0266. The molecule has 0 aromatic heterocycles. The molecule has 2 aromatic rings. The fraction of sp³-hybridized carbons (Fsp3) is 0.235. The van der Waals surface area contributed by atoms with Crippen molar-refractivity contribution >= 4 is 21.6 Å². The Bertz CT molecular complexity index is 1030. The van der Waals surface area contributed by atoms with E-state index in [0.717, 1.165) is 18.2 Å². The molecule has 0 spiro atoms. The standard InChI is InChI=1S/C17H17F2N3O7S/c1-21(9-11-2-4-12(5-3-11)29-17(18)19)16(23)10-28-15-7-6-13(30(20,26)27)8-14(15)22(24)25/h2-8,17H,9-10H2,1H3,(H2,20,26,27). The third-order valence-electron chi connectivity index (χ3n) is 3.80. The second-order valence-electron chi connectivity index (χ2n) is 5.99. The molecule has 2 rings (SSSR count). The van der Waals surface area contributed by atoms with E-state index in [-0.39, 0.29) is 18.0 Å². The molecule has 0 saturated heterocycles. The number of benzene rings is 2. The molecule has 1 amide bonds. The molecule has 0 saturated carbocycles. The Hall–Kier alpha value is -3.32. The molecule has 2 aromatic carbocycles. The lowest BCUT2D eigenvalue weighted by Crippen LogP contribution is -2.31. The summed E-state index contributed by atoms with van der Waals surface area (Å²) in [6, 6.07) is 8.45. The predicted octanol–water partition coefficient (Wildman–Crippen LogP) is 1.88. The molecule has 0 bridgehead atoms. The van der Waals surface area contributed by atoms with Crippen LogP contribution in [0.15, 0.2) is 47.4 Å². The van der Waals surface area contributed by atoms with Crippen LogP contribution in [0.2, 0.25) is 0 Å². The number of primary sulfonamides is 1. The Morgan fingerprint density at radius 1 is 1.23 bits per heavy atom. The summed E-state index contributed by atoms with van der Waals surface area (Å²) in [6.45, 7) is -3.39. The highest BCUT2D eigenvalue weighted by Gasteiger charge is 2.21. The molecule has 0 aliphatic rings. The number of ether oxygens (including phenoxy) is 2. The van der Waals surface area contributed by atoms with Gasteiger partial charge in [0.15, 0.2) is 12.4 Å². The van der Waals surface area contributed by atoms with Crippen LogP contribution in [-0.4, -0.2) is 44.4 Å². The summed E-state index contributed by atoms with van der Waals surface area (Å²) in [4.78, 5) is 23.3. The Morgan fingerprint density at radius 2 is 1.87 bits per heavy atom. The SMILES string of the molecule is CN(Cc1ccc(OC(F)F)cc1)C(=O)COc1ccc(S(N)(=O)=O)cc1[N+](=O)[O-]. The minimum Gasteiger partial charge on any atom is -0.477 e. The molecule has 0 atom stereocenters. The zero-order chi connectivity index (χ0) is 22.5. The van der Waals surface area contributed by atoms with Crippen LogP contribution in [0.1, 0.15) is 5.56 Å². The normalized spacial score (nSPS) is 11.2. The lowest BCUT2D eigenvalue weighted by molar-refractivity contribution is -0.386. The van der Waals surface area contributed by atoms with Crippen molar-refractivity contribution in [2.75, 3.05) is 13.7 Å². The third kappa shape index (κ3) is 6.35. The first-order valence-corrected chi connectivity index (χ1v) is 9.73. The molecule has 0 aliphatic heterocycles. The first kappa shape index (κ1) is 23.0. The van der Waals surface area contributed by atoms with E-state index >= 15 is 0 Å². The zero-order valence-corrected chi connectivity index (χ0v) is 16.3. The van der Waals surface area contributed by atoms with Crippen LogP contribution in [0.3, 0.4) is 0 Å². The topological polar surface area (TPSA) is 142 Å². The summed E-state index contributed by atoms with van der Waals surface area (Å²) in [6.07, 6.45) is 0. The molecule has 2 N–H and O–H groups in total. The van der Waals surface area contributed by atoms with E-state index in [0.29, 0.717) is 5.56 Å². The quantitative estimate of drug-likeness (QED) is 0.459. The number of carbonyl (C=O) groups excluding carboxylic acids is 1. The number of rotatable bonds is 9. The lowest BCUT2D eigenvalue weighted by atomic mass is 10.2. The monoisotopic (exact) mass is 445 g/mol. The summed E-state index contributed by atoms with van der Waals surface area (Å²) >= 11 is 0. The van der Waals surface area contributed by atoms with Gasteiger partial charge in [-0.05, 0) is 29.8 Å². The molecular weight excluding hydrogens is 428 g/mol.